The molecular formula is C20H20ClN3O2. The van der Waals surface area contributed by atoms with Crippen LogP contribution in [0.3, 0.4) is 0 Å². The van der Waals surface area contributed by atoms with Gasteiger partial charge < -0.3 is 9.26 Å². The van der Waals surface area contributed by atoms with Crippen molar-refractivity contribution in [3.63, 3.8) is 0 Å². The fourth-order valence-electron chi connectivity index (χ4n) is 3.28. The van der Waals surface area contributed by atoms with Gasteiger partial charge in [0.1, 0.15) is 5.75 Å². The number of ether oxygens (including phenoxy) is 1. The van der Waals surface area contributed by atoms with E-state index in [1.54, 1.807) is 7.11 Å². The van der Waals surface area contributed by atoms with Gasteiger partial charge in [0, 0.05) is 23.7 Å². The SMILES string of the molecule is COc1ccc(-c2noc([C@@H]3CCN(Cc4ccc(Cl)cc4)C3)n2)cc1. The number of rotatable bonds is 5. The molecule has 1 fully saturated rings. The molecule has 1 saturated heterocycles. The molecule has 0 bridgehead atoms. The van der Waals surface area contributed by atoms with Crippen molar-refractivity contribution in [3.8, 4) is 17.1 Å². The second-order valence-corrected chi connectivity index (χ2v) is 6.97. The standard InChI is InChI=1S/C20H20ClN3O2/c1-25-18-8-4-15(5-9-18)19-22-20(26-23-19)16-10-11-24(13-16)12-14-2-6-17(21)7-3-14/h2-9,16H,10-13H2,1H3/t16-/m1/s1. The van der Waals surface area contributed by atoms with Crippen LogP contribution < -0.4 is 4.74 Å². The topological polar surface area (TPSA) is 51.4 Å². The van der Waals surface area contributed by atoms with Crippen molar-refractivity contribution in [1.82, 2.24) is 15.0 Å². The van der Waals surface area contributed by atoms with E-state index in [-0.39, 0.29) is 5.92 Å². The minimum Gasteiger partial charge on any atom is -0.497 e. The maximum Gasteiger partial charge on any atom is 0.231 e. The molecule has 2 aromatic carbocycles. The predicted molar refractivity (Wildman–Crippen MR) is 100 cm³/mol. The van der Waals surface area contributed by atoms with Crippen LogP contribution >= 0.6 is 11.6 Å². The zero-order valence-corrected chi connectivity index (χ0v) is 15.3. The molecular weight excluding hydrogens is 350 g/mol. The van der Waals surface area contributed by atoms with E-state index in [0.29, 0.717) is 5.82 Å². The van der Waals surface area contributed by atoms with Crippen molar-refractivity contribution in [3.05, 3.63) is 65.0 Å². The van der Waals surface area contributed by atoms with Crippen LogP contribution in [0.15, 0.2) is 53.1 Å². The highest BCUT2D eigenvalue weighted by Crippen LogP contribution is 2.29. The Bertz CT molecular complexity index is 862. The van der Waals surface area contributed by atoms with Crippen molar-refractivity contribution in [2.45, 2.75) is 18.9 Å². The third-order valence-electron chi connectivity index (χ3n) is 4.73. The summed E-state index contributed by atoms with van der Waals surface area (Å²) in [6.45, 7) is 2.85. The Morgan fingerprint density at radius 1 is 1.15 bits per heavy atom. The Kier molecular flexibility index (Phi) is 4.91. The second kappa shape index (κ2) is 7.48. The number of methoxy groups -OCH3 is 1. The lowest BCUT2D eigenvalue weighted by Crippen LogP contribution is -2.19. The minimum absolute atomic E-state index is 0.279. The zero-order valence-electron chi connectivity index (χ0n) is 14.6. The lowest BCUT2D eigenvalue weighted by molar-refractivity contribution is 0.309. The summed E-state index contributed by atoms with van der Waals surface area (Å²) in [5.74, 6) is 2.43. The van der Waals surface area contributed by atoms with Gasteiger partial charge in [-0.05, 0) is 54.9 Å². The zero-order chi connectivity index (χ0) is 17.9. The molecule has 1 aliphatic heterocycles. The average molecular weight is 370 g/mol. The van der Waals surface area contributed by atoms with Crippen molar-refractivity contribution in [1.29, 1.82) is 0 Å². The van der Waals surface area contributed by atoms with Gasteiger partial charge in [-0.2, -0.15) is 4.98 Å². The smallest absolute Gasteiger partial charge is 0.231 e. The van der Waals surface area contributed by atoms with Gasteiger partial charge in [-0.3, -0.25) is 4.90 Å². The molecule has 0 spiro atoms. The summed E-state index contributed by atoms with van der Waals surface area (Å²) < 4.78 is 10.7. The van der Waals surface area contributed by atoms with E-state index in [2.05, 4.69) is 27.2 Å². The van der Waals surface area contributed by atoms with Gasteiger partial charge in [0.05, 0.1) is 13.0 Å². The number of likely N-dealkylation sites (tertiary alicyclic amines) is 1. The molecule has 1 atom stereocenters. The number of nitrogens with zero attached hydrogens (tertiary/aromatic N) is 3. The molecule has 5 nitrogen and oxygen atoms in total. The van der Waals surface area contributed by atoms with Crippen molar-refractivity contribution < 1.29 is 9.26 Å². The van der Waals surface area contributed by atoms with Gasteiger partial charge in [0.2, 0.25) is 11.7 Å². The van der Waals surface area contributed by atoms with E-state index in [4.69, 9.17) is 20.9 Å². The first-order chi connectivity index (χ1) is 12.7. The van der Waals surface area contributed by atoms with Gasteiger partial charge in [-0.25, -0.2) is 0 Å². The lowest BCUT2D eigenvalue weighted by atomic mass is 10.1. The Morgan fingerprint density at radius 3 is 2.65 bits per heavy atom. The maximum absolute atomic E-state index is 5.95. The highest BCUT2D eigenvalue weighted by Gasteiger charge is 2.28. The fourth-order valence-corrected chi connectivity index (χ4v) is 3.41. The predicted octanol–water partition coefficient (Wildman–Crippen LogP) is 4.39. The van der Waals surface area contributed by atoms with E-state index in [0.717, 1.165) is 48.3 Å². The van der Waals surface area contributed by atoms with Gasteiger partial charge in [-0.1, -0.05) is 28.9 Å². The summed E-state index contributed by atoms with van der Waals surface area (Å²) in [6, 6.07) is 15.7. The molecule has 0 radical (unpaired) electrons. The Balaban J connectivity index is 1.41. The van der Waals surface area contributed by atoms with E-state index >= 15 is 0 Å². The molecule has 0 saturated carbocycles. The summed E-state index contributed by atoms with van der Waals surface area (Å²) in [4.78, 5) is 7.02. The molecule has 2 heterocycles. The molecule has 1 aromatic heterocycles. The minimum atomic E-state index is 0.279. The van der Waals surface area contributed by atoms with Crippen molar-refractivity contribution >= 4 is 11.6 Å². The van der Waals surface area contributed by atoms with Crippen molar-refractivity contribution in [2.24, 2.45) is 0 Å². The lowest BCUT2D eigenvalue weighted by Gasteiger charge is -2.15. The van der Waals surface area contributed by atoms with Gasteiger partial charge in [0.25, 0.3) is 0 Å². The van der Waals surface area contributed by atoms with Gasteiger partial charge in [-0.15, -0.1) is 0 Å². The van der Waals surface area contributed by atoms with Crippen LogP contribution in [-0.2, 0) is 6.54 Å². The molecule has 4 rings (SSSR count). The first-order valence-electron chi connectivity index (χ1n) is 8.66. The second-order valence-electron chi connectivity index (χ2n) is 6.53. The quantitative estimate of drug-likeness (QED) is 0.667. The number of benzene rings is 2. The van der Waals surface area contributed by atoms with Gasteiger partial charge >= 0.3 is 0 Å². The molecule has 0 unspecified atom stereocenters. The van der Waals surface area contributed by atoms with Crippen LogP contribution in [-0.4, -0.2) is 35.2 Å². The highest BCUT2D eigenvalue weighted by atomic mass is 35.5. The highest BCUT2D eigenvalue weighted by molar-refractivity contribution is 6.30. The first-order valence-corrected chi connectivity index (χ1v) is 9.04. The molecule has 0 aliphatic carbocycles. The molecule has 134 valence electrons. The summed E-state index contributed by atoms with van der Waals surface area (Å²) in [6.07, 6.45) is 1.03. The van der Waals surface area contributed by atoms with Crippen LogP contribution in [0.2, 0.25) is 5.02 Å². The fraction of sp³-hybridized carbons (Fsp3) is 0.300. The summed E-state index contributed by atoms with van der Waals surface area (Å²) >= 11 is 5.95. The molecule has 0 amide bonds. The number of hydrogen-bond acceptors (Lipinski definition) is 5. The van der Waals surface area contributed by atoms with Gasteiger partial charge in [0.15, 0.2) is 0 Å². The van der Waals surface area contributed by atoms with E-state index in [1.165, 1.54) is 5.56 Å². The maximum atomic E-state index is 5.95. The molecule has 0 N–H and O–H groups in total. The first kappa shape index (κ1) is 17.1. The van der Waals surface area contributed by atoms with Crippen molar-refractivity contribution in [2.75, 3.05) is 20.2 Å². The van der Waals surface area contributed by atoms with Crippen LogP contribution in [0.25, 0.3) is 11.4 Å². The average Bonchev–Trinajstić information content (AvgIpc) is 3.33. The third-order valence-corrected chi connectivity index (χ3v) is 4.98. The summed E-state index contributed by atoms with van der Waals surface area (Å²) in [5, 5.41) is 4.91. The normalized spacial score (nSPS) is 17.5. The number of hydrogen-bond donors (Lipinski definition) is 0. The number of aromatic nitrogens is 2. The molecule has 3 aromatic rings. The van der Waals surface area contributed by atoms with Crippen LogP contribution in [0, 0.1) is 0 Å². The summed E-state index contributed by atoms with van der Waals surface area (Å²) in [7, 11) is 1.65. The molecule has 1 aliphatic rings. The largest absolute Gasteiger partial charge is 0.497 e. The summed E-state index contributed by atoms with van der Waals surface area (Å²) in [5.41, 5.74) is 2.19. The Hall–Kier alpha value is -2.37. The Morgan fingerprint density at radius 2 is 1.92 bits per heavy atom. The molecule has 6 heteroatoms. The molecule has 26 heavy (non-hydrogen) atoms. The number of halogens is 1. The van der Waals surface area contributed by atoms with Crippen LogP contribution in [0.1, 0.15) is 23.8 Å². The van der Waals surface area contributed by atoms with E-state index < -0.39 is 0 Å². The van der Waals surface area contributed by atoms with Crippen LogP contribution in [0.4, 0.5) is 0 Å². The van der Waals surface area contributed by atoms with E-state index in [9.17, 15) is 0 Å². The van der Waals surface area contributed by atoms with Crippen LogP contribution in [0.5, 0.6) is 5.75 Å². The van der Waals surface area contributed by atoms with E-state index in [1.807, 2.05) is 36.4 Å². The third kappa shape index (κ3) is 3.74. The Labute approximate surface area is 157 Å². The monoisotopic (exact) mass is 369 g/mol.